The molecule has 0 radical (unpaired) electrons. The summed E-state index contributed by atoms with van der Waals surface area (Å²) < 4.78 is 5.66. The Morgan fingerprint density at radius 1 is 1.30 bits per heavy atom. The second-order valence-electron chi connectivity index (χ2n) is 6.61. The molecule has 1 aromatic carbocycles. The number of carbonyl (C=O) groups excluding carboxylic acids is 2. The van der Waals surface area contributed by atoms with E-state index in [0.717, 1.165) is 17.7 Å². The van der Waals surface area contributed by atoms with Crippen molar-refractivity contribution in [3.8, 4) is 0 Å². The zero-order valence-electron chi connectivity index (χ0n) is 14.4. The molecule has 2 atom stereocenters. The number of aliphatic hydroxyl groups excluding tert-OH is 1. The Morgan fingerprint density at radius 3 is 2.81 bits per heavy atom. The van der Waals surface area contributed by atoms with Gasteiger partial charge in [0.15, 0.2) is 0 Å². The second kappa shape index (κ2) is 7.46. The molecule has 1 amide bonds. The van der Waals surface area contributed by atoms with E-state index in [2.05, 4.69) is 0 Å². The first kappa shape index (κ1) is 18.2. The first-order valence-electron chi connectivity index (χ1n) is 8.75. The lowest BCUT2D eigenvalue weighted by molar-refractivity contribution is -0.140. The van der Waals surface area contributed by atoms with Crippen molar-refractivity contribution in [1.82, 2.24) is 4.90 Å². The van der Waals surface area contributed by atoms with Crippen LogP contribution in [-0.2, 0) is 14.3 Å². The van der Waals surface area contributed by atoms with E-state index in [4.69, 9.17) is 16.3 Å². The fourth-order valence-corrected chi connectivity index (χ4v) is 4.65. The molecule has 0 saturated carbocycles. The monoisotopic (exact) mass is 403 g/mol. The van der Waals surface area contributed by atoms with E-state index in [1.54, 1.807) is 24.3 Å². The lowest BCUT2D eigenvalue weighted by atomic mass is 10.00. The zero-order valence-corrected chi connectivity index (χ0v) is 16.0. The van der Waals surface area contributed by atoms with Gasteiger partial charge in [-0.2, -0.15) is 0 Å². The number of ether oxygens (including phenoxy) is 1. The van der Waals surface area contributed by atoms with Crippen LogP contribution in [0.25, 0.3) is 5.76 Å². The Labute approximate surface area is 165 Å². The standard InChI is InChI=1S/C20H18ClNO4S/c21-13-5-1-4-12(10-13)18(23)16-17(15-7-3-9-27-15)22(20(25)19(16)24)11-14-6-2-8-26-14/h1,3-5,7,9-10,14,17,23H,2,6,8,11H2/b18-16-. The van der Waals surface area contributed by atoms with Gasteiger partial charge in [-0.25, -0.2) is 0 Å². The van der Waals surface area contributed by atoms with Gasteiger partial charge in [0.25, 0.3) is 11.7 Å². The molecule has 0 spiro atoms. The lowest BCUT2D eigenvalue weighted by Gasteiger charge is -2.26. The number of amides is 1. The van der Waals surface area contributed by atoms with Crippen LogP contribution in [0.1, 0.15) is 29.3 Å². The average molecular weight is 404 g/mol. The van der Waals surface area contributed by atoms with Crippen LogP contribution in [0.2, 0.25) is 5.02 Å². The fourth-order valence-electron chi connectivity index (χ4n) is 3.61. The van der Waals surface area contributed by atoms with Gasteiger partial charge in [-0.1, -0.05) is 29.8 Å². The van der Waals surface area contributed by atoms with Crippen LogP contribution in [0.4, 0.5) is 0 Å². The van der Waals surface area contributed by atoms with E-state index in [1.807, 2.05) is 17.5 Å². The predicted octanol–water partition coefficient (Wildman–Crippen LogP) is 4.00. The van der Waals surface area contributed by atoms with Crippen molar-refractivity contribution >= 4 is 40.4 Å². The summed E-state index contributed by atoms with van der Waals surface area (Å²) in [7, 11) is 0. The largest absolute Gasteiger partial charge is 0.507 e. The second-order valence-corrected chi connectivity index (χ2v) is 8.03. The smallest absolute Gasteiger partial charge is 0.295 e. The molecule has 4 rings (SSSR count). The number of likely N-dealkylation sites (tertiary alicyclic amines) is 1. The van der Waals surface area contributed by atoms with Crippen LogP contribution >= 0.6 is 22.9 Å². The van der Waals surface area contributed by atoms with Crippen molar-refractivity contribution in [1.29, 1.82) is 0 Å². The summed E-state index contributed by atoms with van der Waals surface area (Å²) in [6.45, 7) is 1.00. The summed E-state index contributed by atoms with van der Waals surface area (Å²) >= 11 is 7.48. The van der Waals surface area contributed by atoms with Gasteiger partial charge in [0.05, 0.1) is 17.7 Å². The van der Waals surface area contributed by atoms with E-state index in [1.165, 1.54) is 16.2 Å². The molecule has 3 heterocycles. The SMILES string of the molecule is O=C1C(=O)N(CC2CCCO2)C(c2cccs2)/C1=C(/O)c1cccc(Cl)c1. The maximum Gasteiger partial charge on any atom is 0.295 e. The minimum atomic E-state index is -0.677. The molecule has 7 heteroatoms. The van der Waals surface area contributed by atoms with Gasteiger partial charge in [-0.15, -0.1) is 11.3 Å². The topological polar surface area (TPSA) is 66.8 Å². The number of hydrogen-bond acceptors (Lipinski definition) is 5. The number of thiophene rings is 1. The predicted molar refractivity (Wildman–Crippen MR) is 104 cm³/mol. The van der Waals surface area contributed by atoms with E-state index < -0.39 is 17.7 Å². The van der Waals surface area contributed by atoms with Crippen molar-refractivity contribution < 1.29 is 19.4 Å². The highest BCUT2D eigenvalue weighted by molar-refractivity contribution is 7.10. The van der Waals surface area contributed by atoms with Crippen molar-refractivity contribution in [2.45, 2.75) is 25.0 Å². The van der Waals surface area contributed by atoms with Gasteiger partial charge in [0.1, 0.15) is 5.76 Å². The zero-order chi connectivity index (χ0) is 19.0. The maximum atomic E-state index is 12.8. The molecule has 2 aliphatic rings. The van der Waals surface area contributed by atoms with Crippen LogP contribution in [0, 0.1) is 0 Å². The molecule has 5 nitrogen and oxygen atoms in total. The molecule has 140 valence electrons. The van der Waals surface area contributed by atoms with E-state index in [-0.39, 0.29) is 17.4 Å². The van der Waals surface area contributed by atoms with Crippen molar-refractivity contribution in [3.63, 3.8) is 0 Å². The highest BCUT2D eigenvalue weighted by Crippen LogP contribution is 2.41. The number of nitrogens with zero attached hydrogens (tertiary/aromatic N) is 1. The van der Waals surface area contributed by atoms with Crippen molar-refractivity contribution in [2.75, 3.05) is 13.2 Å². The fraction of sp³-hybridized carbons (Fsp3) is 0.300. The summed E-state index contributed by atoms with van der Waals surface area (Å²) in [5, 5.41) is 13.2. The van der Waals surface area contributed by atoms with Crippen LogP contribution in [0.15, 0.2) is 47.4 Å². The van der Waals surface area contributed by atoms with Crippen molar-refractivity contribution in [2.24, 2.45) is 0 Å². The third-order valence-corrected chi connectivity index (χ3v) is 6.03. The molecule has 27 heavy (non-hydrogen) atoms. The summed E-state index contributed by atoms with van der Waals surface area (Å²) in [5.74, 6) is -1.49. The van der Waals surface area contributed by atoms with Crippen molar-refractivity contribution in [3.05, 3.63) is 62.8 Å². The summed E-state index contributed by atoms with van der Waals surface area (Å²) in [5.41, 5.74) is 0.516. The van der Waals surface area contributed by atoms with Crippen LogP contribution in [0.5, 0.6) is 0 Å². The Balaban J connectivity index is 1.80. The molecule has 0 aliphatic carbocycles. The van der Waals surface area contributed by atoms with Crippen LogP contribution in [0.3, 0.4) is 0 Å². The molecule has 2 aromatic rings. The highest BCUT2D eigenvalue weighted by Gasteiger charge is 2.47. The number of halogens is 1. The molecular formula is C20H18ClNO4S. The molecule has 1 aromatic heterocycles. The first-order chi connectivity index (χ1) is 13.1. The Kier molecular flexibility index (Phi) is 5.04. The van der Waals surface area contributed by atoms with Crippen LogP contribution in [-0.4, -0.2) is 41.0 Å². The molecule has 0 bridgehead atoms. The third kappa shape index (κ3) is 3.40. The molecule has 2 saturated heterocycles. The summed E-state index contributed by atoms with van der Waals surface area (Å²) in [4.78, 5) is 27.9. The Bertz CT molecular complexity index is 902. The molecule has 2 aliphatic heterocycles. The van der Waals surface area contributed by atoms with Gasteiger partial charge in [0.2, 0.25) is 0 Å². The van der Waals surface area contributed by atoms with Gasteiger partial charge in [-0.05, 0) is 36.4 Å². The number of ketones is 1. The maximum absolute atomic E-state index is 12.8. The number of hydrogen-bond donors (Lipinski definition) is 1. The molecular weight excluding hydrogens is 386 g/mol. The molecule has 2 fully saturated rings. The molecule has 1 N–H and O–H groups in total. The Morgan fingerprint density at radius 2 is 2.15 bits per heavy atom. The third-order valence-electron chi connectivity index (χ3n) is 4.88. The van der Waals surface area contributed by atoms with E-state index >= 15 is 0 Å². The van der Waals surface area contributed by atoms with Gasteiger partial charge < -0.3 is 14.7 Å². The number of carbonyl (C=O) groups is 2. The quantitative estimate of drug-likeness (QED) is 0.476. The normalized spacial score (nSPS) is 24.7. The lowest BCUT2D eigenvalue weighted by Crippen LogP contribution is -2.36. The highest BCUT2D eigenvalue weighted by atomic mass is 35.5. The Hall–Kier alpha value is -2.15. The number of aliphatic hydroxyl groups is 1. The van der Waals surface area contributed by atoms with Crippen LogP contribution < -0.4 is 0 Å². The number of Topliss-reactive ketones (excluding diaryl/α,β-unsaturated/α-hetero) is 1. The van der Waals surface area contributed by atoms with E-state index in [0.29, 0.717) is 23.7 Å². The number of rotatable bonds is 4. The first-order valence-corrected chi connectivity index (χ1v) is 10.0. The summed E-state index contributed by atoms with van der Waals surface area (Å²) in [6, 6.07) is 9.75. The van der Waals surface area contributed by atoms with E-state index in [9.17, 15) is 14.7 Å². The molecule has 2 unspecified atom stereocenters. The minimum Gasteiger partial charge on any atom is -0.507 e. The minimum absolute atomic E-state index is 0.0862. The average Bonchev–Trinajstić information content (AvgIpc) is 3.40. The van der Waals surface area contributed by atoms with Gasteiger partial charge >= 0.3 is 0 Å². The van der Waals surface area contributed by atoms with Gasteiger partial charge in [-0.3, -0.25) is 9.59 Å². The summed E-state index contributed by atoms with van der Waals surface area (Å²) in [6.07, 6.45) is 1.71. The number of benzene rings is 1. The van der Waals surface area contributed by atoms with Gasteiger partial charge in [0, 0.05) is 28.6 Å².